The molecule has 0 aliphatic carbocycles. The number of hydrogen-bond acceptors (Lipinski definition) is 5. The Morgan fingerprint density at radius 1 is 1.53 bits per heavy atom. The van der Waals surface area contributed by atoms with Gasteiger partial charge in [-0.2, -0.15) is 0 Å². The first kappa shape index (κ1) is 14.7. The van der Waals surface area contributed by atoms with Crippen molar-refractivity contribution in [2.24, 2.45) is 0 Å². The zero-order valence-corrected chi connectivity index (χ0v) is 13.4. The number of nitrogens with one attached hydrogen (secondary N) is 1. The van der Waals surface area contributed by atoms with E-state index >= 15 is 0 Å². The molecule has 2 rings (SSSR count). The van der Waals surface area contributed by atoms with Gasteiger partial charge in [0.2, 0.25) is 10.0 Å². The fourth-order valence-electron chi connectivity index (χ4n) is 1.27. The van der Waals surface area contributed by atoms with Crippen LogP contribution in [0.15, 0.2) is 33.1 Å². The zero-order chi connectivity index (χ0) is 14.0. The van der Waals surface area contributed by atoms with E-state index in [1.165, 1.54) is 23.6 Å². The van der Waals surface area contributed by atoms with Crippen LogP contribution in [0.25, 0.3) is 0 Å². The summed E-state index contributed by atoms with van der Waals surface area (Å²) >= 11 is 10.6. The molecule has 0 amide bonds. The number of halogens is 2. The second-order valence-corrected chi connectivity index (χ2v) is 7.58. The molecule has 102 valence electrons. The van der Waals surface area contributed by atoms with Gasteiger partial charge in [-0.3, -0.25) is 0 Å². The molecule has 2 aromatic rings. The quantitative estimate of drug-likeness (QED) is 0.851. The molecule has 5 nitrogen and oxygen atoms in total. The van der Waals surface area contributed by atoms with Gasteiger partial charge in [-0.25, -0.2) is 18.1 Å². The number of nitrogens with zero attached hydrogens (tertiary/aromatic N) is 1. The van der Waals surface area contributed by atoms with Crippen molar-refractivity contribution < 1.29 is 8.42 Å². The summed E-state index contributed by atoms with van der Waals surface area (Å²) in [7, 11) is -3.66. The number of anilines is 1. The standard InChI is InChI=1S/C10H9BrClN3O2S2/c11-7-1-2-18-9(7)5-15-19(16,17)6-3-8(12)10(13)14-4-6/h1-4,15H,5H2,(H2,13,14). The number of nitrogens with two attached hydrogens (primary N) is 1. The molecule has 19 heavy (non-hydrogen) atoms. The Bertz CT molecular complexity index is 703. The highest BCUT2D eigenvalue weighted by Gasteiger charge is 2.16. The average Bonchev–Trinajstić information content (AvgIpc) is 2.76. The fraction of sp³-hybridized carbons (Fsp3) is 0.100. The lowest BCUT2D eigenvalue weighted by Crippen LogP contribution is -2.23. The summed E-state index contributed by atoms with van der Waals surface area (Å²) in [5.41, 5.74) is 5.44. The van der Waals surface area contributed by atoms with Crippen molar-refractivity contribution in [1.82, 2.24) is 9.71 Å². The van der Waals surface area contributed by atoms with E-state index in [1.54, 1.807) is 0 Å². The number of thiophene rings is 1. The molecular formula is C10H9BrClN3O2S2. The highest BCUT2D eigenvalue weighted by molar-refractivity contribution is 9.10. The first-order chi connectivity index (χ1) is 8.90. The van der Waals surface area contributed by atoms with E-state index < -0.39 is 10.0 Å². The van der Waals surface area contributed by atoms with Gasteiger partial charge in [0.25, 0.3) is 0 Å². The van der Waals surface area contributed by atoms with Crippen molar-refractivity contribution >= 4 is 54.7 Å². The summed E-state index contributed by atoms with van der Waals surface area (Å²) in [5, 5.41) is 1.98. The Morgan fingerprint density at radius 2 is 2.26 bits per heavy atom. The van der Waals surface area contributed by atoms with Gasteiger partial charge in [-0.15, -0.1) is 11.3 Å². The number of sulfonamides is 1. The van der Waals surface area contributed by atoms with Crippen LogP contribution >= 0.6 is 38.9 Å². The topological polar surface area (TPSA) is 85.1 Å². The van der Waals surface area contributed by atoms with Gasteiger partial charge in [-0.05, 0) is 33.4 Å². The second kappa shape index (κ2) is 5.76. The third-order valence-corrected chi connectivity index (χ3v) is 5.87. The SMILES string of the molecule is Nc1ncc(S(=O)(=O)NCc2sccc2Br)cc1Cl. The molecule has 0 atom stereocenters. The molecule has 0 saturated carbocycles. The van der Waals surface area contributed by atoms with Crippen LogP contribution in [0, 0.1) is 0 Å². The Morgan fingerprint density at radius 3 is 2.84 bits per heavy atom. The first-order valence-electron chi connectivity index (χ1n) is 5.02. The molecule has 2 heterocycles. The van der Waals surface area contributed by atoms with Gasteiger partial charge < -0.3 is 5.73 Å². The lowest BCUT2D eigenvalue weighted by atomic mass is 10.5. The predicted molar refractivity (Wildman–Crippen MR) is 79.7 cm³/mol. The number of aromatic nitrogens is 1. The minimum Gasteiger partial charge on any atom is -0.382 e. The van der Waals surface area contributed by atoms with Crippen molar-refractivity contribution in [2.75, 3.05) is 5.73 Å². The smallest absolute Gasteiger partial charge is 0.242 e. The van der Waals surface area contributed by atoms with Crippen molar-refractivity contribution in [3.8, 4) is 0 Å². The third kappa shape index (κ3) is 3.46. The summed E-state index contributed by atoms with van der Waals surface area (Å²) in [6.07, 6.45) is 1.17. The number of hydrogen-bond donors (Lipinski definition) is 2. The van der Waals surface area contributed by atoms with Gasteiger partial charge in [0.1, 0.15) is 10.7 Å². The normalized spacial score (nSPS) is 11.7. The fourth-order valence-corrected chi connectivity index (χ4v) is 3.99. The zero-order valence-electron chi connectivity index (χ0n) is 9.43. The average molecular weight is 383 g/mol. The lowest BCUT2D eigenvalue weighted by Gasteiger charge is -2.07. The van der Waals surface area contributed by atoms with Crippen LogP contribution in [-0.2, 0) is 16.6 Å². The Hall–Kier alpha value is -0.670. The maximum absolute atomic E-state index is 12.0. The Kier molecular flexibility index (Phi) is 4.46. The molecule has 0 spiro atoms. The van der Waals surface area contributed by atoms with Crippen molar-refractivity contribution in [3.05, 3.63) is 38.1 Å². The summed E-state index contributed by atoms with van der Waals surface area (Å²) in [5.74, 6) is 0.0987. The summed E-state index contributed by atoms with van der Waals surface area (Å²) in [4.78, 5) is 4.60. The monoisotopic (exact) mass is 381 g/mol. The maximum atomic E-state index is 12.0. The molecule has 0 aliphatic rings. The Balaban J connectivity index is 2.18. The minimum atomic E-state index is -3.66. The molecule has 9 heteroatoms. The number of pyridine rings is 1. The van der Waals surface area contributed by atoms with Crippen LogP contribution in [0.5, 0.6) is 0 Å². The highest BCUT2D eigenvalue weighted by atomic mass is 79.9. The van der Waals surface area contributed by atoms with E-state index in [4.69, 9.17) is 17.3 Å². The second-order valence-electron chi connectivity index (χ2n) is 3.55. The minimum absolute atomic E-state index is 0.0145. The number of nitrogen functional groups attached to an aromatic ring is 1. The molecular weight excluding hydrogens is 374 g/mol. The van der Waals surface area contributed by atoms with Crippen LogP contribution < -0.4 is 10.5 Å². The van der Waals surface area contributed by atoms with E-state index in [1.807, 2.05) is 11.4 Å². The molecule has 0 aliphatic heterocycles. The first-order valence-corrected chi connectivity index (χ1v) is 8.56. The summed E-state index contributed by atoms with van der Waals surface area (Å²) in [6, 6.07) is 3.13. The van der Waals surface area contributed by atoms with Gasteiger partial charge in [0.15, 0.2) is 0 Å². The van der Waals surface area contributed by atoms with Gasteiger partial charge >= 0.3 is 0 Å². The summed E-state index contributed by atoms with van der Waals surface area (Å²) < 4.78 is 27.4. The molecule has 0 saturated heterocycles. The largest absolute Gasteiger partial charge is 0.382 e. The van der Waals surface area contributed by atoms with Crippen LogP contribution in [-0.4, -0.2) is 13.4 Å². The van der Waals surface area contributed by atoms with Crippen LogP contribution in [0.4, 0.5) is 5.82 Å². The van der Waals surface area contributed by atoms with Crippen molar-refractivity contribution in [3.63, 3.8) is 0 Å². The molecule has 0 fully saturated rings. The molecule has 0 bridgehead atoms. The van der Waals surface area contributed by atoms with Crippen LogP contribution in [0.2, 0.25) is 5.02 Å². The summed E-state index contributed by atoms with van der Waals surface area (Å²) in [6.45, 7) is 0.197. The van der Waals surface area contributed by atoms with E-state index in [0.717, 1.165) is 9.35 Å². The van der Waals surface area contributed by atoms with Gasteiger partial charge in [0.05, 0.1) is 5.02 Å². The van der Waals surface area contributed by atoms with Crippen LogP contribution in [0.1, 0.15) is 4.88 Å². The van der Waals surface area contributed by atoms with E-state index in [0.29, 0.717) is 0 Å². The third-order valence-electron chi connectivity index (χ3n) is 2.27. The maximum Gasteiger partial charge on any atom is 0.242 e. The van der Waals surface area contributed by atoms with E-state index in [2.05, 4.69) is 25.6 Å². The molecule has 3 N–H and O–H groups in total. The highest BCUT2D eigenvalue weighted by Crippen LogP contribution is 2.24. The molecule has 0 aromatic carbocycles. The Labute approximate surface area is 128 Å². The molecule has 0 radical (unpaired) electrons. The van der Waals surface area contributed by atoms with Gasteiger partial charge in [0, 0.05) is 22.1 Å². The van der Waals surface area contributed by atoms with Crippen molar-refractivity contribution in [1.29, 1.82) is 0 Å². The predicted octanol–water partition coefficient (Wildman–Crippen LogP) is 2.62. The molecule has 2 aromatic heterocycles. The van der Waals surface area contributed by atoms with E-state index in [-0.39, 0.29) is 22.3 Å². The van der Waals surface area contributed by atoms with Crippen LogP contribution in [0.3, 0.4) is 0 Å². The lowest BCUT2D eigenvalue weighted by molar-refractivity contribution is 0.581. The molecule has 0 unspecified atom stereocenters. The number of rotatable bonds is 4. The van der Waals surface area contributed by atoms with E-state index in [9.17, 15) is 8.42 Å². The van der Waals surface area contributed by atoms with Gasteiger partial charge in [-0.1, -0.05) is 11.6 Å². The van der Waals surface area contributed by atoms with Crippen molar-refractivity contribution in [2.45, 2.75) is 11.4 Å².